The number of hydrogen-bond donors (Lipinski definition) is 2. The summed E-state index contributed by atoms with van der Waals surface area (Å²) in [6.45, 7) is 2.61. The van der Waals surface area contributed by atoms with E-state index in [1.54, 1.807) is 7.11 Å². The number of benzene rings is 2. The van der Waals surface area contributed by atoms with Crippen molar-refractivity contribution in [1.82, 2.24) is 5.32 Å². The summed E-state index contributed by atoms with van der Waals surface area (Å²) in [6.07, 6.45) is 3.31. The number of methoxy groups -OCH3 is 1. The van der Waals surface area contributed by atoms with Gasteiger partial charge in [0.05, 0.1) is 13.0 Å². The molecule has 3 unspecified atom stereocenters. The highest BCUT2D eigenvalue weighted by molar-refractivity contribution is 5.88. The molecule has 4 nitrogen and oxygen atoms in total. The van der Waals surface area contributed by atoms with E-state index in [2.05, 4.69) is 17.4 Å². The third kappa shape index (κ3) is 3.39. The van der Waals surface area contributed by atoms with E-state index in [4.69, 9.17) is 10.5 Å². The second-order valence-electron chi connectivity index (χ2n) is 6.74. The van der Waals surface area contributed by atoms with E-state index in [1.807, 2.05) is 31.2 Å². The van der Waals surface area contributed by atoms with Gasteiger partial charge in [-0.1, -0.05) is 30.7 Å². The van der Waals surface area contributed by atoms with Gasteiger partial charge in [0.25, 0.3) is 0 Å². The zero-order chi connectivity index (χ0) is 17.1. The SMILES string of the molecule is COc1ccc2cc(C(C)C(=O)NC3CCCC3CN)ccc2c1. The topological polar surface area (TPSA) is 64.3 Å². The van der Waals surface area contributed by atoms with Crippen LogP contribution in [0.3, 0.4) is 0 Å². The van der Waals surface area contributed by atoms with Gasteiger partial charge in [-0.15, -0.1) is 0 Å². The van der Waals surface area contributed by atoms with E-state index in [0.717, 1.165) is 41.3 Å². The van der Waals surface area contributed by atoms with E-state index in [-0.39, 0.29) is 17.9 Å². The first-order valence-corrected chi connectivity index (χ1v) is 8.70. The molecule has 1 amide bonds. The van der Waals surface area contributed by atoms with E-state index >= 15 is 0 Å². The van der Waals surface area contributed by atoms with Crippen LogP contribution in [-0.2, 0) is 4.79 Å². The van der Waals surface area contributed by atoms with Crippen molar-refractivity contribution in [1.29, 1.82) is 0 Å². The molecule has 0 spiro atoms. The summed E-state index contributed by atoms with van der Waals surface area (Å²) >= 11 is 0. The van der Waals surface area contributed by atoms with E-state index in [1.165, 1.54) is 0 Å². The molecule has 3 N–H and O–H groups in total. The first-order chi connectivity index (χ1) is 11.6. The third-order valence-corrected chi connectivity index (χ3v) is 5.25. The number of carbonyl (C=O) groups excluding carboxylic acids is 1. The van der Waals surface area contributed by atoms with Crippen molar-refractivity contribution in [3.05, 3.63) is 42.0 Å². The van der Waals surface area contributed by atoms with Crippen molar-refractivity contribution >= 4 is 16.7 Å². The maximum Gasteiger partial charge on any atom is 0.227 e. The molecule has 0 aromatic heterocycles. The summed E-state index contributed by atoms with van der Waals surface area (Å²) in [5.41, 5.74) is 6.85. The predicted octanol–water partition coefficient (Wildman–Crippen LogP) is 3.20. The number of rotatable bonds is 5. The second-order valence-corrected chi connectivity index (χ2v) is 6.74. The molecule has 0 aliphatic heterocycles. The van der Waals surface area contributed by atoms with Gasteiger partial charge < -0.3 is 15.8 Å². The van der Waals surface area contributed by atoms with Gasteiger partial charge in [-0.25, -0.2) is 0 Å². The van der Waals surface area contributed by atoms with E-state index in [0.29, 0.717) is 12.5 Å². The fourth-order valence-corrected chi connectivity index (χ4v) is 3.61. The number of fused-ring (bicyclic) bond motifs is 1. The number of hydrogen-bond acceptors (Lipinski definition) is 3. The van der Waals surface area contributed by atoms with Crippen molar-refractivity contribution < 1.29 is 9.53 Å². The molecule has 0 heterocycles. The molecule has 0 radical (unpaired) electrons. The van der Waals surface area contributed by atoms with Crippen molar-refractivity contribution in [2.75, 3.05) is 13.7 Å². The molecule has 1 aliphatic rings. The maximum absolute atomic E-state index is 12.6. The standard InChI is InChI=1S/C20H26N2O2/c1-13(20(23)22-19-5-3-4-17(19)12-21)14-6-7-16-11-18(24-2)9-8-15(16)10-14/h6-11,13,17,19H,3-5,12,21H2,1-2H3,(H,22,23). The first-order valence-electron chi connectivity index (χ1n) is 8.70. The van der Waals surface area contributed by atoms with Crippen LogP contribution in [0.2, 0.25) is 0 Å². The first kappa shape index (κ1) is 16.8. The van der Waals surface area contributed by atoms with Crippen LogP contribution in [0, 0.1) is 5.92 Å². The van der Waals surface area contributed by atoms with Crippen LogP contribution in [0.15, 0.2) is 36.4 Å². The van der Waals surface area contributed by atoms with Gasteiger partial charge in [-0.3, -0.25) is 4.79 Å². The highest BCUT2D eigenvalue weighted by Gasteiger charge is 2.28. The van der Waals surface area contributed by atoms with E-state index in [9.17, 15) is 4.79 Å². The molecule has 3 atom stereocenters. The van der Waals surface area contributed by atoms with Gasteiger partial charge in [0.1, 0.15) is 5.75 Å². The highest BCUT2D eigenvalue weighted by atomic mass is 16.5. The minimum atomic E-state index is -0.171. The molecule has 3 rings (SSSR count). The molecule has 2 aromatic rings. The van der Waals surface area contributed by atoms with Crippen LogP contribution in [-0.4, -0.2) is 25.6 Å². The van der Waals surface area contributed by atoms with Crippen molar-refractivity contribution in [2.45, 2.75) is 38.1 Å². The Kier molecular flexibility index (Phi) is 5.05. The van der Waals surface area contributed by atoms with Crippen molar-refractivity contribution in [3.63, 3.8) is 0 Å². The fourth-order valence-electron chi connectivity index (χ4n) is 3.61. The Morgan fingerprint density at radius 1 is 1.25 bits per heavy atom. The molecule has 0 bridgehead atoms. The van der Waals surface area contributed by atoms with Crippen molar-refractivity contribution in [3.8, 4) is 5.75 Å². The smallest absolute Gasteiger partial charge is 0.227 e. The number of nitrogens with one attached hydrogen (secondary N) is 1. The van der Waals surface area contributed by atoms with Crippen LogP contribution in [0.4, 0.5) is 0 Å². The molecule has 24 heavy (non-hydrogen) atoms. The minimum Gasteiger partial charge on any atom is -0.497 e. The summed E-state index contributed by atoms with van der Waals surface area (Å²) < 4.78 is 5.26. The lowest BCUT2D eigenvalue weighted by atomic mass is 9.96. The average molecular weight is 326 g/mol. The maximum atomic E-state index is 12.6. The molecule has 1 saturated carbocycles. The minimum absolute atomic E-state index is 0.0909. The zero-order valence-electron chi connectivity index (χ0n) is 14.4. The van der Waals surface area contributed by atoms with E-state index < -0.39 is 0 Å². The third-order valence-electron chi connectivity index (χ3n) is 5.25. The molecule has 2 aromatic carbocycles. The fraction of sp³-hybridized carbons (Fsp3) is 0.450. The van der Waals surface area contributed by atoms with Gasteiger partial charge in [0.15, 0.2) is 0 Å². The van der Waals surface area contributed by atoms with Crippen LogP contribution in [0.25, 0.3) is 10.8 Å². The van der Waals surface area contributed by atoms with Crippen LogP contribution < -0.4 is 15.8 Å². The number of amides is 1. The number of nitrogens with two attached hydrogens (primary N) is 1. The van der Waals surface area contributed by atoms with Gasteiger partial charge in [-0.2, -0.15) is 0 Å². The summed E-state index contributed by atoms with van der Waals surface area (Å²) in [4.78, 5) is 12.6. The summed E-state index contributed by atoms with van der Waals surface area (Å²) in [6, 6.07) is 12.4. The second kappa shape index (κ2) is 7.22. The Balaban J connectivity index is 1.75. The van der Waals surface area contributed by atoms with Gasteiger partial charge in [0.2, 0.25) is 5.91 Å². The lowest BCUT2D eigenvalue weighted by molar-refractivity contribution is -0.123. The predicted molar refractivity (Wildman–Crippen MR) is 97.2 cm³/mol. The van der Waals surface area contributed by atoms with Crippen LogP contribution in [0.5, 0.6) is 5.75 Å². The molecule has 1 aliphatic carbocycles. The van der Waals surface area contributed by atoms with Gasteiger partial charge in [0, 0.05) is 6.04 Å². The van der Waals surface area contributed by atoms with Crippen molar-refractivity contribution in [2.24, 2.45) is 11.7 Å². The highest BCUT2D eigenvalue weighted by Crippen LogP contribution is 2.27. The lowest BCUT2D eigenvalue weighted by Gasteiger charge is -2.22. The Morgan fingerprint density at radius 3 is 2.75 bits per heavy atom. The average Bonchev–Trinajstić information content (AvgIpc) is 3.07. The molecule has 1 fully saturated rings. The largest absolute Gasteiger partial charge is 0.497 e. The normalized spacial score (nSPS) is 21.6. The Morgan fingerprint density at radius 2 is 2.00 bits per heavy atom. The Bertz CT molecular complexity index is 729. The summed E-state index contributed by atoms with van der Waals surface area (Å²) in [5.74, 6) is 1.18. The summed E-state index contributed by atoms with van der Waals surface area (Å²) in [7, 11) is 1.67. The molecular formula is C20H26N2O2. The van der Waals surface area contributed by atoms with Gasteiger partial charge in [-0.05, 0) is 60.7 Å². The zero-order valence-corrected chi connectivity index (χ0v) is 14.4. The molecule has 128 valence electrons. The molecule has 0 saturated heterocycles. The molecular weight excluding hydrogens is 300 g/mol. The lowest BCUT2D eigenvalue weighted by Crippen LogP contribution is -2.41. The molecule has 4 heteroatoms. The number of ether oxygens (including phenoxy) is 1. The quantitative estimate of drug-likeness (QED) is 0.887. The monoisotopic (exact) mass is 326 g/mol. The van der Waals surface area contributed by atoms with Gasteiger partial charge >= 0.3 is 0 Å². The number of carbonyl (C=O) groups is 1. The Hall–Kier alpha value is -2.07. The van der Waals surface area contributed by atoms with Crippen LogP contribution in [0.1, 0.15) is 37.7 Å². The Labute approximate surface area is 143 Å². The van der Waals surface area contributed by atoms with Crippen LogP contribution >= 0.6 is 0 Å². The summed E-state index contributed by atoms with van der Waals surface area (Å²) in [5, 5.41) is 5.44.